The lowest BCUT2D eigenvalue weighted by Crippen LogP contribution is -2.48. The molecule has 1 amide bonds. The number of anilines is 1. The van der Waals surface area contributed by atoms with Gasteiger partial charge in [-0.2, -0.15) is 0 Å². The van der Waals surface area contributed by atoms with Crippen molar-refractivity contribution in [3.8, 4) is 0 Å². The maximum atomic E-state index is 13.3. The van der Waals surface area contributed by atoms with Crippen molar-refractivity contribution in [3.05, 3.63) is 58.4 Å². The molecule has 2 unspecified atom stereocenters. The van der Waals surface area contributed by atoms with Crippen molar-refractivity contribution < 1.29 is 31.2 Å². The van der Waals surface area contributed by atoms with E-state index in [-0.39, 0.29) is 51.6 Å². The summed E-state index contributed by atoms with van der Waals surface area (Å²) in [6.07, 6.45) is 1.14. The first-order valence-electron chi connectivity index (χ1n) is 9.11. The molecule has 2 aromatic carbocycles. The van der Waals surface area contributed by atoms with E-state index >= 15 is 0 Å². The second-order valence-electron chi connectivity index (χ2n) is 7.52. The number of carbonyl (C=O) groups is 2. The van der Waals surface area contributed by atoms with Crippen LogP contribution in [0.5, 0.6) is 0 Å². The van der Waals surface area contributed by atoms with Gasteiger partial charge in [-0.05, 0) is 37.5 Å². The smallest absolute Gasteiger partial charge is 0.255 e. The van der Waals surface area contributed by atoms with Gasteiger partial charge in [0.2, 0.25) is 0 Å². The van der Waals surface area contributed by atoms with Crippen LogP contribution in [-0.2, 0) is 14.6 Å². The molecule has 1 N–H and O–H groups in total. The molecule has 30 heavy (non-hydrogen) atoms. The summed E-state index contributed by atoms with van der Waals surface area (Å²) in [6, 6.07) is 4.80. The van der Waals surface area contributed by atoms with Crippen LogP contribution in [0.15, 0.2) is 35.2 Å². The minimum Gasteiger partial charge on any atom is -0.322 e. The summed E-state index contributed by atoms with van der Waals surface area (Å²) in [6.45, 7) is 0. The monoisotopic (exact) mass is 457 g/mol. The summed E-state index contributed by atoms with van der Waals surface area (Å²) in [5.41, 5.74) is -0.443. The SMILES string of the molecule is O=C(Nc1cc(F)c(F)c(F)c1)c1ccc(Cl)c(S(=O)(=O)C2CC3CC(C2)C3=O)c1. The van der Waals surface area contributed by atoms with Gasteiger partial charge in [-0.25, -0.2) is 21.6 Å². The average molecular weight is 458 g/mol. The summed E-state index contributed by atoms with van der Waals surface area (Å²) < 4.78 is 65.9. The van der Waals surface area contributed by atoms with Crippen LogP contribution >= 0.6 is 11.6 Å². The van der Waals surface area contributed by atoms with Gasteiger partial charge in [0.25, 0.3) is 5.91 Å². The van der Waals surface area contributed by atoms with Crippen LogP contribution in [0.3, 0.4) is 0 Å². The molecule has 5 nitrogen and oxygen atoms in total. The van der Waals surface area contributed by atoms with Crippen molar-refractivity contribution in [1.82, 2.24) is 0 Å². The van der Waals surface area contributed by atoms with Crippen LogP contribution in [0.2, 0.25) is 5.02 Å². The fourth-order valence-electron chi connectivity index (χ4n) is 4.03. The Bertz CT molecular complexity index is 1150. The number of halogens is 4. The molecule has 0 aliphatic heterocycles. The van der Waals surface area contributed by atoms with Crippen LogP contribution < -0.4 is 5.32 Å². The Labute approximate surface area is 175 Å². The molecular weight excluding hydrogens is 443 g/mol. The Morgan fingerprint density at radius 3 is 2.17 bits per heavy atom. The van der Waals surface area contributed by atoms with Crippen LogP contribution in [-0.4, -0.2) is 25.4 Å². The molecule has 0 spiro atoms. The molecule has 2 atom stereocenters. The standard InChI is InChI=1S/C20H15ClF3NO4S/c21-14-2-1-9(20(27)25-12-7-15(22)18(24)16(23)8-12)6-17(14)30(28,29)13-4-10-3-11(5-13)19(10)26/h1-2,6-8,10-11,13H,3-5H2,(H,25,27). The lowest BCUT2D eigenvalue weighted by molar-refractivity contribution is -0.139. The molecule has 0 radical (unpaired) electrons. The Morgan fingerprint density at radius 2 is 1.60 bits per heavy atom. The number of Topliss-reactive ketones (excluding diaryl/α,β-unsaturated/α-hetero) is 1. The first kappa shape index (κ1) is 20.9. The summed E-state index contributed by atoms with van der Waals surface area (Å²) >= 11 is 6.08. The number of sulfone groups is 1. The predicted molar refractivity (Wildman–Crippen MR) is 103 cm³/mol. The van der Waals surface area contributed by atoms with Crippen LogP contribution in [0.1, 0.15) is 29.6 Å². The van der Waals surface area contributed by atoms with Gasteiger partial charge in [-0.1, -0.05) is 11.6 Å². The van der Waals surface area contributed by atoms with E-state index in [9.17, 15) is 31.2 Å². The van der Waals surface area contributed by atoms with Crippen LogP contribution in [0.4, 0.5) is 18.9 Å². The van der Waals surface area contributed by atoms with Gasteiger partial charge in [-0.3, -0.25) is 9.59 Å². The highest BCUT2D eigenvalue weighted by molar-refractivity contribution is 7.92. The first-order chi connectivity index (χ1) is 14.1. The van der Waals surface area contributed by atoms with Gasteiger partial charge in [0.1, 0.15) is 5.78 Å². The Kier molecular flexibility index (Phi) is 5.14. The third kappa shape index (κ3) is 3.50. The van der Waals surface area contributed by atoms with Crippen molar-refractivity contribution in [2.75, 3.05) is 5.32 Å². The highest BCUT2D eigenvalue weighted by atomic mass is 35.5. The van der Waals surface area contributed by atoms with E-state index in [4.69, 9.17) is 11.6 Å². The maximum Gasteiger partial charge on any atom is 0.255 e. The highest BCUT2D eigenvalue weighted by Gasteiger charge is 2.50. The van der Waals surface area contributed by atoms with Crippen molar-refractivity contribution in [3.63, 3.8) is 0 Å². The van der Waals surface area contributed by atoms with E-state index in [1.165, 1.54) is 12.1 Å². The van der Waals surface area contributed by atoms with E-state index in [1.807, 2.05) is 0 Å². The second kappa shape index (κ2) is 7.39. The molecule has 5 rings (SSSR count). The van der Waals surface area contributed by atoms with E-state index in [1.54, 1.807) is 0 Å². The number of fused-ring (bicyclic) bond motifs is 2. The Hall–Kier alpha value is -2.39. The molecule has 158 valence electrons. The Balaban J connectivity index is 1.60. The summed E-state index contributed by atoms with van der Waals surface area (Å²) in [5, 5.41) is 1.35. The maximum absolute atomic E-state index is 13.3. The van der Waals surface area contributed by atoms with Crippen LogP contribution in [0.25, 0.3) is 0 Å². The zero-order chi connectivity index (χ0) is 21.8. The lowest BCUT2D eigenvalue weighted by atomic mass is 9.64. The number of benzene rings is 2. The molecule has 2 aromatic rings. The molecule has 10 heteroatoms. The second-order valence-corrected chi connectivity index (χ2v) is 10.1. The van der Waals surface area contributed by atoms with Crippen molar-refractivity contribution in [2.45, 2.75) is 29.4 Å². The molecular formula is C20H15ClF3NO4S. The fraction of sp³-hybridized carbons (Fsp3) is 0.300. The minimum absolute atomic E-state index is 0.0732. The number of hydrogen-bond acceptors (Lipinski definition) is 4. The number of rotatable bonds is 4. The van der Waals surface area contributed by atoms with E-state index < -0.39 is 38.4 Å². The molecule has 0 heterocycles. The molecule has 0 aromatic heterocycles. The molecule has 0 saturated heterocycles. The quantitative estimate of drug-likeness (QED) is 0.699. The molecule has 3 fully saturated rings. The van der Waals surface area contributed by atoms with Crippen LogP contribution in [0, 0.1) is 29.3 Å². The predicted octanol–water partition coefficient (Wildman–Crippen LogP) is 4.15. The third-order valence-electron chi connectivity index (χ3n) is 5.65. The van der Waals surface area contributed by atoms with Crippen molar-refractivity contribution in [1.29, 1.82) is 0 Å². The van der Waals surface area contributed by atoms with E-state index in [2.05, 4.69) is 5.32 Å². The van der Waals surface area contributed by atoms with Crippen molar-refractivity contribution in [2.24, 2.45) is 11.8 Å². The normalized spacial score (nSPS) is 23.1. The molecule has 3 aliphatic carbocycles. The average Bonchev–Trinajstić information content (AvgIpc) is 2.71. The summed E-state index contributed by atoms with van der Waals surface area (Å²) in [4.78, 5) is 24.0. The topological polar surface area (TPSA) is 80.3 Å². The first-order valence-corrected chi connectivity index (χ1v) is 11.0. The van der Waals surface area contributed by atoms with Gasteiger partial charge in [0.05, 0.1) is 15.2 Å². The zero-order valence-corrected chi connectivity index (χ0v) is 16.9. The lowest BCUT2D eigenvalue weighted by Gasteiger charge is -2.43. The fourth-order valence-corrected chi connectivity index (χ4v) is 6.43. The van der Waals surface area contributed by atoms with Gasteiger partial charge in [0, 0.05) is 35.2 Å². The van der Waals surface area contributed by atoms with Gasteiger partial charge in [-0.15, -0.1) is 0 Å². The molecule has 3 aliphatic rings. The third-order valence-corrected chi connectivity index (χ3v) is 8.30. The number of amides is 1. The minimum atomic E-state index is -3.90. The number of nitrogens with one attached hydrogen (secondary N) is 1. The summed E-state index contributed by atoms with van der Waals surface area (Å²) in [5.74, 6) is -5.88. The summed E-state index contributed by atoms with van der Waals surface area (Å²) in [7, 11) is -3.90. The van der Waals surface area contributed by atoms with Gasteiger partial charge < -0.3 is 5.32 Å². The number of carbonyl (C=O) groups excluding carboxylic acids is 2. The Morgan fingerprint density at radius 1 is 1.00 bits per heavy atom. The largest absolute Gasteiger partial charge is 0.322 e. The van der Waals surface area contributed by atoms with Gasteiger partial charge in [0.15, 0.2) is 27.3 Å². The number of ketones is 1. The molecule has 3 saturated carbocycles. The van der Waals surface area contributed by atoms with E-state index in [0.717, 1.165) is 6.07 Å². The number of hydrogen-bond donors (Lipinski definition) is 1. The highest BCUT2D eigenvalue weighted by Crippen LogP contribution is 2.46. The molecule has 2 bridgehead atoms. The van der Waals surface area contributed by atoms with Gasteiger partial charge >= 0.3 is 0 Å². The van der Waals surface area contributed by atoms with Crippen molar-refractivity contribution >= 4 is 38.8 Å². The van der Waals surface area contributed by atoms with E-state index in [0.29, 0.717) is 18.6 Å². The zero-order valence-electron chi connectivity index (χ0n) is 15.3.